The van der Waals surface area contributed by atoms with Crippen molar-refractivity contribution in [2.45, 2.75) is 0 Å². The Labute approximate surface area is 124 Å². The van der Waals surface area contributed by atoms with Crippen molar-refractivity contribution in [1.29, 1.82) is 0 Å². The Morgan fingerprint density at radius 3 is 2.67 bits per heavy atom. The second kappa shape index (κ2) is 6.10. The van der Waals surface area contributed by atoms with E-state index in [-0.39, 0.29) is 6.03 Å². The van der Waals surface area contributed by atoms with Crippen LogP contribution in [-0.2, 0) is 0 Å². The number of nitrogens with one attached hydrogen (secondary N) is 2. The van der Waals surface area contributed by atoms with Crippen LogP contribution < -0.4 is 10.6 Å². The molecule has 0 aromatic carbocycles. The Bertz CT molecular complexity index is 729. The lowest BCUT2D eigenvalue weighted by Gasteiger charge is -2.03. The zero-order chi connectivity index (χ0) is 14.5. The molecule has 2 amide bonds. The van der Waals surface area contributed by atoms with E-state index in [1.54, 1.807) is 36.8 Å². The Kier molecular flexibility index (Phi) is 3.83. The van der Waals surface area contributed by atoms with Gasteiger partial charge in [-0.1, -0.05) is 6.07 Å². The molecule has 0 bridgehead atoms. The predicted octanol–water partition coefficient (Wildman–Crippen LogP) is 3.24. The molecular formula is C14H11N5OS. The van der Waals surface area contributed by atoms with E-state index in [9.17, 15) is 4.79 Å². The molecular weight excluding hydrogens is 286 g/mol. The summed E-state index contributed by atoms with van der Waals surface area (Å²) in [5, 5.41) is 7.72. The van der Waals surface area contributed by atoms with E-state index in [0.29, 0.717) is 10.9 Å². The van der Waals surface area contributed by atoms with E-state index in [0.717, 1.165) is 11.3 Å². The van der Waals surface area contributed by atoms with Crippen molar-refractivity contribution < 1.29 is 4.79 Å². The minimum Gasteiger partial charge on any atom is -0.292 e. The van der Waals surface area contributed by atoms with Crippen molar-refractivity contribution in [3.8, 4) is 11.3 Å². The van der Waals surface area contributed by atoms with Gasteiger partial charge in [0.1, 0.15) is 5.82 Å². The lowest BCUT2D eigenvalue weighted by atomic mass is 10.2. The Morgan fingerprint density at radius 1 is 1.05 bits per heavy atom. The molecule has 0 aliphatic carbocycles. The molecule has 0 aliphatic heterocycles. The number of carbonyl (C=O) groups is 1. The Hall–Kier alpha value is -2.80. The smallest absolute Gasteiger partial charge is 0.292 e. The molecule has 3 rings (SSSR count). The minimum atomic E-state index is -0.371. The number of aromatic nitrogens is 3. The van der Waals surface area contributed by atoms with Crippen LogP contribution in [0.25, 0.3) is 11.3 Å². The number of urea groups is 1. The van der Waals surface area contributed by atoms with E-state index in [4.69, 9.17) is 0 Å². The second-order valence-electron chi connectivity index (χ2n) is 4.07. The first-order valence-corrected chi connectivity index (χ1v) is 7.04. The molecule has 7 heteroatoms. The summed E-state index contributed by atoms with van der Waals surface area (Å²) in [5.74, 6) is 0.487. The van der Waals surface area contributed by atoms with Crippen LogP contribution in [-0.4, -0.2) is 21.0 Å². The van der Waals surface area contributed by atoms with E-state index < -0.39 is 0 Å². The zero-order valence-electron chi connectivity index (χ0n) is 10.9. The molecule has 0 saturated heterocycles. The Balaban J connectivity index is 1.66. The first kappa shape index (κ1) is 13.2. The van der Waals surface area contributed by atoms with Crippen LogP contribution >= 0.6 is 11.3 Å². The van der Waals surface area contributed by atoms with Crippen LogP contribution in [0.3, 0.4) is 0 Å². The third kappa shape index (κ3) is 3.40. The van der Waals surface area contributed by atoms with Gasteiger partial charge in [-0.15, -0.1) is 11.3 Å². The number of rotatable bonds is 3. The molecule has 21 heavy (non-hydrogen) atoms. The highest BCUT2D eigenvalue weighted by atomic mass is 32.1. The molecule has 0 aliphatic rings. The van der Waals surface area contributed by atoms with Crippen LogP contribution in [0.2, 0.25) is 0 Å². The van der Waals surface area contributed by atoms with Gasteiger partial charge in [0.2, 0.25) is 0 Å². The molecule has 0 unspecified atom stereocenters. The first-order valence-electron chi connectivity index (χ1n) is 6.16. The number of carbonyl (C=O) groups excluding carboxylic acids is 1. The maximum absolute atomic E-state index is 11.8. The molecule has 2 N–H and O–H groups in total. The third-order valence-corrected chi connectivity index (χ3v) is 3.36. The molecule has 104 valence electrons. The highest BCUT2D eigenvalue weighted by Gasteiger charge is 2.08. The predicted molar refractivity (Wildman–Crippen MR) is 82.2 cm³/mol. The monoisotopic (exact) mass is 297 g/mol. The molecule has 6 nitrogen and oxygen atoms in total. The van der Waals surface area contributed by atoms with Gasteiger partial charge in [0, 0.05) is 29.5 Å². The van der Waals surface area contributed by atoms with Gasteiger partial charge in [0.15, 0.2) is 5.13 Å². The average molecular weight is 297 g/mol. The van der Waals surface area contributed by atoms with Gasteiger partial charge in [-0.25, -0.2) is 14.8 Å². The normalized spacial score (nSPS) is 10.1. The van der Waals surface area contributed by atoms with Crippen molar-refractivity contribution >= 4 is 28.3 Å². The fraction of sp³-hybridized carbons (Fsp3) is 0. The topological polar surface area (TPSA) is 79.8 Å². The highest BCUT2D eigenvalue weighted by molar-refractivity contribution is 7.14. The van der Waals surface area contributed by atoms with E-state index >= 15 is 0 Å². The molecule has 0 atom stereocenters. The van der Waals surface area contributed by atoms with Crippen LogP contribution in [0.15, 0.2) is 54.3 Å². The minimum absolute atomic E-state index is 0.371. The van der Waals surface area contributed by atoms with E-state index in [1.165, 1.54) is 11.3 Å². The SMILES string of the molecule is O=C(Nc1ccccn1)Nc1nc(-c2ccncc2)cs1. The number of amides is 2. The number of hydrogen-bond donors (Lipinski definition) is 2. The van der Waals surface area contributed by atoms with Gasteiger partial charge in [-0.05, 0) is 24.3 Å². The summed E-state index contributed by atoms with van der Waals surface area (Å²) in [6.45, 7) is 0. The third-order valence-electron chi connectivity index (χ3n) is 2.61. The van der Waals surface area contributed by atoms with Gasteiger partial charge in [-0.3, -0.25) is 15.6 Å². The molecule has 0 saturated carbocycles. The van der Waals surface area contributed by atoms with Gasteiger partial charge in [-0.2, -0.15) is 0 Å². The molecule has 0 radical (unpaired) electrons. The van der Waals surface area contributed by atoms with Gasteiger partial charge >= 0.3 is 6.03 Å². The van der Waals surface area contributed by atoms with Gasteiger partial charge in [0.25, 0.3) is 0 Å². The van der Waals surface area contributed by atoms with Crippen LogP contribution in [0.5, 0.6) is 0 Å². The first-order chi connectivity index (χ1) is 10.3. The number of nitrogens with zero attached hydrogens (tertiary/aromatic N) is 3. The Morgan fingerprint density at radius 2 is 1.90 bits per heavy atom. The summed E-state index contributed by atoms with van der Waals surface area (Å²) >= 11 is 1.36. The second-order valence-corrected chi connectivity index (χ2v) is 4.93. The maximum Gasteiger partial charge on any atom is 0.326 e. The summed E-state index contributed by atoms with van der Waals surface area (Å²) in [5.41, 5.74) is 1.76. The molecule has 3 aromatic heterocycles. The standard InChI is InChI=1S/C14H11N5OS/c20-13(18-12-3-1-2-6-16-12)19-14-17-11(9-21-14)10-4-7-15-8-5-10/h1-9H,(H2,16,17,18,19,20). The fourth-order valence-corrected chi connectivity index (χ4v) is 2.38. The lowest BCUT2D eigenvalue weighted by Crippen LogP contribution is -2.19. The number of thiazole rings is 1. The summed E-state index contributed by atoms with van der Waals surface area (Å²) in [6, 6.07) is 8.66. The molecule has 3 aromatic rings. The fourth-order valence-electron chi connectivity index (χ4n) is 1.67. The average Bonchev–Trinajstić information content (AvgIpc) is 2.97. The summed E-state index contributed by atoms with van der Waals surface area (Å²) in [6.07, 6.45) is 5.02. The van der Waals surface area contributed by atoms with Crippen molar-refractivity contribution in [2.24, 2.45) is 0 Å². The zero-order valence-corrected chi connectivity index (χ0v) is 11.7. The van der Waals surface area contributed by atoms with Gasteiger partial charge < -0.3 is 0 Å². The van der Waals surface area contributed by atoms with Crippen molar-refractivity contribution in [3.05, 3.63) is 54.3 Å². The molecule has 0 spiro atoms. The van der Waals surface area contributed by atoms with E-state index in [1.807, 2.05) is 17.5 Å². The maximum atomic E-state index is 11.8. The van der Waals surface area contributed by atoms with Crippen molar-refractivity contribution in [1.82, 2.24) is 15.0 Å². The summed E-state index contributed by atoms with van der Waals surface area (Å²) in [4.78, 5) is 24.2. The van der Waals surface area contributed by atoms with Crippen LogP contribution in [0.1, 0.15) is 0 Å². The molecule has 0 fully saturated rings. The van der Waals surface area contributed by atoms with E-state index in [2.05, 4.69) is 25.6 Å². The number of anilines is 2. The highest BCUT2D eigenvalue weighted by Crippen LogP contribution is 2.24. The summed E-state index contributed by atoms with van der Waals surface area (Å²) < 4.78 is 0. The van der Waals surface area contributed by atoms with Crippen LogP contribution in [0, 0.1) is 0 Å². The largest absolute Gasteiger partial charge is 0.326 e. The molecule has 3 heterocycles. The van der Waals surface area contributed by atoms with Gasteiger partial charge in [0.05, 0.1) is 5.69 Å². The lowest BCUT2D eigenvalue weighted by molar-refractivity contribution is 0.262. The number of hydrogen-bond acceptors (Lipinski definition) is 5. The van der Waals surface area contributed by atoms with Crippen LogP contribution in [0.4, 0.5) is 15.7 Å². The number of pyridine rings is 2. The quantitative estimate of drug-likeness (QED) is 0.777. The summed E-state index contributed by atoms with van der Waals surface area (Å²) in [7, 11) is 0. The van der Waals surface area contributed by atoms with Crippen molar-refractivity contribution in [3.63, 3.8) is 0 Å². The van der Waals surface area contributed by atoms with Crippen molar-refractivity contribution in [2.75, 3.05) is 10.6 Å².